The summed E-state index contributed by atoms with van der Waals surface area (Å²) in [6, 6.07) is 8.86. The van der Waals surface area contributed by atoms with Crippen LogP contribution in [-0.4, -0.2) is 32.1 Å². The molecule has 0 fully saturated rings. The molecule has 1 heterocycles. The van der Waals surface area contributed by atoms with Gasteiger partial charge in [0.25, 0.3) is 0 Å². The first-order valence-electron chi connectivity index (χ1n) is 5.74. The Hall–Kier alpha value is -1.51. The standard InChI is InChI=1S/C13H18N2O/c1-3-15(8-12-9-16-10-14-12)13-6-4-5-11(2)7-13/h4-7,10,12H,3,8-9H2,1-2H3. The van der Waals surface area contributed by atoms with E-state index in [0.29, 0.717) is 6.61 Å². The maximum atomic E-state index is 5.14. The lowest BCUT2D eigenvalue weighted by atomic mass is 10.2. The molecule has 1 unspecified atom stereocenters. The Bertz CT molecular complexity index is 376. The Morgan fingerprint density at radius 2 is 2.38 bits per heavy atom. The zero-order chi connectivity index (χ0) is 11.4. The van der Waals surface area contributed by atoms with E-state index in [2.05, 4.69) is 48.0 Å². The Morgan fingerprint density at radius 1 is 1.50 bits per heavy atom. The fourth-order valence-corrected chi connectivity index (χ4v) is 1.92. The highest BCUT2D eigenvalue weighted by Gasteiger charge is 2.15. The Kier molecular flexibility index (Phi) is 3.44. The van der Waals surface area contributed by atoms with Crippen LogP contribution in [0.2, 0.25) is 0 Å². The van der Waals surface area contributed by atoms with Gasteiger partial charge in [0, 0.05) is 18.8 Å². The third-order valence-electron chi connectivity index (χ3n) is 2.81. The average Bonchev–Trinajstić information content (AvgIpc) is 2.78. The van der Waals surface area contributed by atoms with Crippen LogP contribution >= 0.6 is 0 Å². The zero-order valence-electron chi connectivity index (χ0n) is 9.89. The highest BCUT2D eigenvalue weighted by atomic mass is 16.5. The van der Waals surface area contributed by atoms with Crippen molar-refractivity contribution in [1.82, 2.24) is 0 Å². The van der Waals surface area contributed by atoms with E-state index < -0.39 is 0 Å². The molecule has 0 aromatic heterocycles. The molecule has 0 N–H and O–H groups in total. The zero-order valence-corrected chi connectivity index (χ0v) is 9.89. The van der Waals surface area contributed by atoms with Gasteiger partial charge in [-0.1, -0.05) is 12.1 Å². The monoisotopic (exact) mass is 218 g/mol. The van der Waals surface area contributed by atoms with Crippen molar-refractivity contribution < 1.29 is 4.74 Å². The number of benzene rings is 1. The number of ether oxygens (including phenoxy) is 1. The van der Waals surface area contributed by atoms with Crippen LogP contribution in [0.25, 0.3) is 0 Å². The number of likely N-dealkylation sites (N-methyl/N-ethyl adjacent to an activating group) is 1. The lowest BCUT2D eigenvalue weighted by Crippen LogP contribution is -2.32. The SMILES string of the molecule is CCN(CC1COC=N1)c1cccc(C)c1. The summed E-state index contributed by atoms with van der Waals surface area (Å²) in [4.78, 5) is 6.62. The van der Waals surface area contributed by atoms with Crippen LogP contribution in [0.3, 0.4) is 0 Å². The van der Waals surface area contributed by atoms with Crippen LogP contribution in [0.4, 0.5) is 5.69 Å². The average molecular weight is 218 g/mol. The van der Waals surface area contributed by atoms with Crippen molar-refractivity contribution in [1.29, 1.82) is 0 Å². The number of aryl methyl sites for hydroxylation is 1. The van der Waals surface area contributed by atoms with Gasteiger partial charge < -0.3 is 9.64 Å². The van der Waals surface area contributed by atoms with Crippen molar-refractivity contribution in [2.45, 2.75) is 19.9 Å². The van der Waals surface area contributed by atoms with Gasteiger partial charge in [-0.3, -0.25) is 0 Å². The highest BCUT2D eigenvalue weighted by molar-refractivity contribution is 5.51. The number of anilines is 1. The largest absolute Gasteiger partial charge is 0.481 e. The first-order chi connectivity index (χ1) is 7.79. The summed E-state index contributed by atoms with van der Waals surface area (Å²) >= 11 is 0. The molecular weight excluding hydrogens is 200 g/mol. The molecule has 86 valence electrons. The van der Waals surface area contributed by atoms with Gasteiger partial charge in [0.1, 0.15) is 12.6 Å². The van der Waals surface area contributed by atoms with E-state index in [0.717, 1.165) is 13.1 Å². The van der Waals surface area contributed by atoms with Gasteiger partial charge in [0.15, 0.2) is 6.40 Å². The summed E-state index contributed by atoms with van der Waals surface area (Å²) in [7, 11) is 0. The minimum absolute atomic E-state index is 0.278. The molecule has 0 amide bonds. The lowest BCUT2D eigenvalue weighted by molar-refractivity contribution is 0.328. The van der Waals surface area contributed by atoms with E-state index in [1.165, 1.54) is 11.3 Å². The van der Waals surface area contributed by atoms with Gasteiger partial charge >= 0.3 is 0 Å². The molecule has 0 spiro atoms. The molecule has 0 aliphatic carbocycles. The number of hydrogen-bond acceptors (Lipinski definition) is 3. The molecule has 0 bridgehead atoms. The van der Waals surface area contributed by atoms with Gasteiger partial charge in [0.2, 0.25) is 0 Å². The van der Waals surface area contributed by atoms with E-state index in [9.17, 15) is 0 Å². The van der Waals surface area contributed by atoms with E-state index in [4.69, 9.17) is 4.74 Å². The maximum absolute atomic E-state index is 5.14. The second-order valence-electron chi connectivity index (χ2n) is 4.12. The van der Waals surface area contributed by atoms with E-state index in [1.807, 2.05) is 0 Å². The molecule has 1 aromatic carbocycles. The first-order valence-corrected chi connectivity index (χ1v) is 5.74. The topological polar surface area (TPSA) is 24.8 Å². The van der Waals surface area contributed by atoms with Gasteiger partial charge in [-0.2, -0.15) is 0 Å². The predicted molar refractivity (Wildman–Crippen MR) is 67.3 cm³/mol. The third kappa shape index (κ3) is 2.54. The molecule has 1 aliphatic heterocycles. The summed E-state index contributed by atoms with van der Waals surface area (Å²) in [5.74, 6) is 0. The van der Waals surface area contributed by atoms with Gasteiger partial charge in [-0.05, 0) is 31.5 Å². The summed E-state index contributed by atoms with van der Waals surface area (Å²) in [5.41, 5.74) is 2.56. The molecule has 3 nitrogen and oxygen atoms in total. The lowest BCUT2D eigenvalue weighted by Gasteiger charge is -2.25. The fraction of sp³-hybridized carbons (Fsp3) is 0.462. The van der Waals surface area contributed by atoms with Crippen molar-refractivity contribution in [3.05, 3.63) is 29.8 Å². The number of nitrogens with zero attached hydrogens (tertiary/aromatic N) is 2. The minimum Gasteiger partial charge on any atom is -0.481 e. The molecule has 16 heavy (non-hydrogen) atoms. The van der Waals surface area contributed by atoms with Crippen molar-refractivity contribution in [2.75, 3.05) is 24.6 Å². The molecule has 1 aliphatic rings. The van der Waals surface area contributed by atoms with Crippen LogP contribution in [0, 0.1) is 6.92 Å². The Balaban J connectivity index is 2.06. The highest BCUT2D eigenvalue weighted by Crippen LogP contribution is 2.17. The molecule has 3 heteroatoms. The van der Waals surface area contributed by atoms with Crippen LogP contribution in [0.5, 0.6) is 0 Å². The molecule has 0 saturated heterocycles. The van der Waals surface area contributed by atoms with Gasteiger partial charge in [0.05, 0.1) is 0 Å². The second-order valence-corrected chi connectivity index (χ2v) is 4.12. The molecule has 1 atom stereocenters. The van der Waals surface area contributed by atoms with Crippen molar-refractivity contribution in [3.8, 4) is 0 Å². The minimum atomic E-state index is 0.278. The number of rotatable bonds is 4. The second kappa shape index (κ2) is 5.01. The van der Waals surface area contributed by atoms with E-state index in [1.54, 1.807) is 6.40 Å². The summed E-state index contributed by atoms with van der Waals surface area (Å²) in [6.07, 6.45) is 1.56. The summed E-state index contributed by atoms with van der Waals surface area (Å²) in [5, 5.41) is 0. The van der Waals surface area contributed by atoms with E-state index >= 15 is 0 Å². The number of hydrogen-bond donors (Lipinski definition) is 0. The third-order valence-corrected chi connectivity index (χ3v) is 2.81. The van der Waals surface area contributed by atoms with Crippen LogP contribution in [0.1, 0.15) is 12.5 Å². The Labute approximate surface area is 96.7 Å². The molecule has 1 aromatic rings. The molecular formula is C13H18N2O. The Morgan fingerprint density at radius 3 is 3.00 bits per heavy atom. The normalized spacial score (nSPS) is 18.5. The van der Waals surface area contributed by atoms with Gasteiger partial charge in [-0.15, -0.1) is 0 Å². The van der Waals surface area contributed by atoms with E-state index in [-0.39, 0.29) is 6.04 Å². The molecule has 0 radical (unpaired) electrons. The van der Waals surface area contributed by atoms with Crippen LogP contribution < -0.4 is 4.90 Å². The quantitative estimate of drug-likeness (QED) is 0.774. The molecule has 0 saturated carbocycles. The summed E-state index contributed by atoms with van der Waals surface area (Å²) in [6.45, 7) is 6.92. The first kappa shape index (κ1) is 11.0. The maximum Gasteiger partial charge on any atom is 0.169 e. The smallest absolute Gasteiger partial charge is 0.169 e. The summed E-state index contributed by atoms with van der Waals surface area (Å²) < 4.78 is 5.14. The van der Waals surface area contributed by atoms with Crippen molar-refractivity contribution in [2.24, 2.45) is 4.99 Å². The van der Waals surface area contributed by atoms with Crippen LogP contribution in [-0.2, 0) is 4.74 Å². The van der Waals surface area contributed by atoms with Gasteiger partial charge in [-0.25, -0.2) is 4.99 Å². The van der Waals surface area contributed by atoms with Crippen molar-refractivity contribution in [3.63, 3.8) is 0 Å². The predicted octanol–water partition coefficient (Wildman–Crippen LogP) is 2.25. The van der Waals surface area contributed by atoms with Crippen molar-refractivity contribution >= 4 is 12.1 Å². The van der Waals surface area contributed by atoms with Crippen LogP contribution in [0.15, 0.2) is 29.3 Å². The fourth-order valence-electron chi connectivity index (χ4n) is 1.92. The molecule has 2 rings (SSSR count). The number of aliphatic imine (C=N–C) groups is 1.